The van der Waals surface area contributed by atoms with Crippen LogP contribution < -0.4 is 0 Å². The Kier molecular flexibility index (Phi) is 4.86. The Bertz CT molecular complexity index is 546. The third-order valence-electron chi connectivity index (χ3n) is 2.99. The molecule has 2 rings (SSSR count). The van der Waals surface area contributed by atoms with Gasteiger partial charge >= 0.3 is 0 Å². The van der Waals surface area contributed by atoms with Crippen molar-refractivity contribution in [2.45, 2.75) is 32.8 Å². The van der Waals surface area contributed by atoms with Gasteiger partial charge < -0.3 is 9.63 Å². The molecule has 3 nitrogen and oxygen atoms in total. The second kappa shape index (κ2) is 6.42. The molecule has 0 aliphatic heterocycles. The summed E-state index contributed by atoms with van der Waals surface area (Å²) in [7, 11) is 0. The van der Waals surface area contributed by atoms with E-state index in [1.807, 2.05) is 6.92 Å². The molecule has 0 fully saturated rings. The number of aliphatic hydroxyl groups is 1. The SMILES string of the molecule is CCCc1onc(Cc2c(Cl)cccc2Cl)c1CO. The van der Waals surface area contributed by atoms with Crippen LogP contribution in [0.25, 0.3) is 0 Å². The molecule has 1 aromatic heterocycles. The van der Waals surface area contributed by atoms with Gasteiger partial charge in [0.15, 0.2) is 0 Å². The number of benzene rings is 1. The summed E-state index contributed by atoms with van der Waals surface area (Å²) in [5.74, 6) is 0.739. The molecule has 0 saturated carbocycles. The van der Waals surface area contributed by atoms with Crippen molar-refractivity contribution in [2.24, 2.45) is 0 Å². The molecule has 0 aliphatic carbocycles. The van der Waals surface area contributed by atoms with Gasteiger partial charge in [-0.15, -0.1) is 0 Å². The molecular weight excluding hydrogens is 285 g/mol. The van der Waals surface area contributed by atoms with Gasteiger partial charge in [-0.25, -0.2) is 0 Å². The minimum Gasteiger partial charge on any atom is -0.391 e. The van der Waals surface area contributed by atoms with Gasteiger partial charge in [0, 0.05) is 28.5 Å². The number of aromatic nitrogens is 1. The fourth-order valence-corrected chi connectivity index (χ4v) is 2.52. The quantitative estimate of drug-likeness (QED) is 0.907. The number of rotatable bonds is 5. The van der Waals surface area contributed by atoms with Gasteiger partial charge in [0.2, 0.25) is 0 Å². The first-order chi connectivity index (χ1) is 9.17. The van der Waals surface area contributed by atoms with Gasteiger partial charge in [0.1, 0.15) is 5.76 Å². The van der Waals surface area contributed by atoms with Crippen LogP contribution in [0.2, 0.25) is 10.0 Å². The molecule has 0 atom stereocenters. The van der Waals surface area contributed by atoms with Crippen molar-refractivity contribution in [3.63, 3.8) is 0 Å². The van der Waals surface area contributed by atoms with Crippen LogP contribution in [-0.4, -0.2) is 10.3 Å². The summed E-state index contributed by atoms with van der Waals surface area (Å²) < 4.78 is 5.28. The molecule has 5 heteroatoms. The molecule has 1 heterocycles. The lowest BCUT2D eigenvalue weighted by Crippen LogP contribution is -1.98. The van der Waals surface area contributed by atoms with Gasteiger partial charge in [-0.05, 0) is 24.1 Å². The second-order valence-electron chi connectivity index (χ2n) is 4.32. The van der Waals surface area contributed by atoms with Gasteiger partial charge in [-0.1, -0.05) is 41.3 Å². The summed E-state index contributed by atoms with van der Waals surface area (Å²) in [4.78, 5) is 0. The first-order valence-corrected chi connectivity index (χ1v) is 6.93. The third-order valence-corrected chi connectivity index (χ3v) is 3.70. The Balaban J connectivity index is 2.33. The highest BCUT2D eigenvalue weighted by atomic mass is 35.5. The molecule has 1 N–H and O–H groups in total. The first-order valence-electron chi connectivity index (χ1n) is 6.17. The summed E-state index contributed by atoms with van der Waals surface area (Å²) >= 11 is 12.3. The summed E-state index contributed by atoms with van der Waals surface area (Å²) in [5.41, 5.74) is 2.25. The molecule has 0 unspecified atom stereocenters. The monoisotopic (exact) mass is 299 g/mol. The van der Waals surface area contributed by atoms with Crippen LogP contribution in [0.5, 0.6) is 0 Å². The van der Waals surface area contributed by atoms with E-state index >= 15 is 0 Å². The number of hydrogen-bond donors (Lipinski definition) is 1. The van der Waals surface area contributed by atoms with E-state index < -0.39 is 0 Å². The van der Waals surface area contributed by atoms with Crippen LogP contribution in [-0.2, 0) is 19.4 Å². The molecule has 19 heavy (non-hydrogen) atoms. The van der Waals surface area contributed by atoms with Gasteiger partial charge in [-0.2, -0.15) is 0 Å². The molecule has 1 aromatic carbocycles. The van der Waals surface area contributed by atoms with E-state index in [9.17, 15) is 5.11 Å². The van der Waals surface area contributed by atoms with E-state index in [2.05, 4.69) is 5.16 Å². The predicted molar refractivity (Wildman–Crippen MR) is 75.7 cm³/mol. The molecule has 0 amide bonds. The first kappa shape index (κ1) is 14.4. The van der Waals surface area contributed by atoms with Crippen LogP contribution in [0.4, 0.5) is 0 Å². The average Bonchev–Trinajstić information content (AvgIpc) is 2.76. The zero-order valence-electron chi connectivity index (χ0n) is 10.6. The molecule has 2 aromatic rings. The lowest BCUT2D eigenvalue weighted by molar-refractivity contribution is 0.276. The fraction of sp³-hybridized carbons (Fsp3) is 0.357. The number of nitrogens with zero attached hydrogens (tertiary/aromatic N) is 1. The maximum atomic E-state index is 9.47. The Morgan fingerprint density at radius 2 is 1.89 bits per heavy atom. The number of halogens is 2. The lowest BCUT2D eigenvalue weighted by Gasteiger charge is -2.05. The predicted octanol–water partition coefficient (Wildman–Crippen LogP) is 4.02. The van der Waals surface area contributed by atoms with E-state index in [4.69, 9.17) is 27.7 Å². The third kappa shape index (κ3) is 3.11. The Morgan fingerprint density at radius 3 is 2.47 bits per heavy atom. The van der Waals surface area contributed by atoms with Crippen molar-refractivity contribution in [1.82, 2.24) is 5.16 Å². The zero-order chi connectivity index (χ0) is 13.8. The molecule has 0 bridgehead atoms. The molecule has 0 spiro atoms. The summed E-state index contributed by atoms with van der Waals surface area (Å²) in [5, 5.41) is 14.7. The van der Waals surface area contributed by atoms with E-state index in [0.29, 0.717) is 22.2 Å². The standard InChI is InChI=1S/C14H15Cl2NO2/c1-2-4-14-10(8-18)13(17-19-14)7-9-11(15)5-3-6-12(9)16/h3,5-6,18H,2,4,7-8H2,1H3. The van der Waals surface area contributed by atoms with Crippen LogP contribution in [0, 0.1) is 0 Å². The number of aryl methyl sites for hydroxylation is 1. The van der Waals surface area contributed by atoms with E-state index in [1.165, 1.54) is 0 Å². The smallest absolute Gasteiger partial charge is 0.142 e. The zero-order valence-corrected chi connectivity index (χ0v) is 12.1. The lowest BCUT2D eigenvalue weighted by atomic mass is 10.0. The van der Waals surface area contributed by atoms with Gasteiger partial charge in [0.25, 0.3) is 0 Å². The Morgan fingerprint density at radius 1 is 1.21 bits per heavy atom. The highest BCUT2D eigenvalue weighted by Gasteiger charge is 2.17. The average molecular weight is 300 g/mol. The van der Waals surface area contributed by atoms with Crippen LogP contribution in [0.3, 0.4) is 0 Å². The summed E-state index contributed by atoms with van der Waals surface area (Å²) in [6, 6.07) is 5.37. The van der Waals surface area contributed by atoms with Crippen molar-refractivity contribution in [2.75, 3.05) is 0 Å². The maximum absolute atomic E-state index is 9.47. The molecule has 0 saturated heterocycles. The Hall–Kier alpha value is -1.03. The summed E-state index contributed by atoms with van der Waals surface area (Å²) in [6.45, 7) is 1.96. The van der Waals surface area contributed by atoms with Gasteiger partial charge in [0.05, 0.1) is 12.3 Å². The van der Waals surface area contributed by atoms with Crippen molar-refractivity contribution in [1.29, 1.82) is 0 Å². The van der Waals surface area contributed by atoms with Crippen molar-refractivity contribution in [3.8, 4) is 0 Å². The van der Waals surface area contributed by atoms with Crippen molar-refractivity contribution < 1.29 is 9.63 Å². The largest absolute Gasteiger partial charge is 0.391 e. The molecule has 0 aliphatic rings. The molecule has 0 radical (unpaired) electrons. The highest BCUT2D eigenvalue weighted by Crippen LogP contribution is 2.28. The van der Waals surface area contributed by atoms with Crippen molar-refractivity contribution >= 4 is 23.2 Å². The van der Waals surface area contributed by atoms with Crippen LogP contribution >= 0.6 is 23.2 Å². The van der Waals surface area contributed by atoms with Crippen LogP contribution in [0.1, 0.15) is 35.9 Å². The topological polar surface area (TPSA) is 46.3 Å². The fourth-order valence-electron chi connectivity index (χ4n) is 1.99. The molecule has 102 valence electrons. The number of hydrogen-bond acceptors (Lipinski definition) is 3. The summed E-state index contributed by atoms with van der Waals surface area (Å²) in [6.07, 6.45) is 2.16. The number of aliphatic hydroxyl groups excluding tert-OH is 1. The maximum Gasteiger partial charge on any atom is 0.142 e. The molecular formula is C14H15Cl2NO2. The Labute approximate surface area is 122 Å². The van der Waals surface area contributed by atoms with Crippen molar-refractivity contribution in [3.05, 3.63) is 50.8 Å². The minimum absolute atomic E-state index is 0.0871. The van der Waals surface area contributed by atoms with Gasteiger partial charge in [-0.3, -0.25) is 0 Å². The minimum atomic E-state index is -0.0871. The second-order valence-corrected chi connectivity index (χ2v) is 5.13. The highest BCUT2D eigenvalue weighted by molar-refractivity contribution is 6.36. The normalized spacial score (nSPS) is 10.9. The van der Waals surface area contributed by atoms with Crippen LogP contribution in [0.15, 0.2) is 22.7 Å². The van der Waals surface area contributed by atoms with E-state index in [0.717, 1.165) is 29.7 Å². The van der Waals surface area contributed by atoms with E-state index in [-0.39, 0.29) is 6.61 Å². The van der Waals surface area contributed by atoms with E-state index in [1.54, 1.807) is 18.2 Å².